The van der Waals surface area contributed by atoms with Crippen LogP contribution in [0.1, 0.15) is 85.6 Å². The minimum Gasteiger partial charge on any atom is -0.472 e. The van der Waals surface area contributed by atoms with Gasteiger partial charge in [0.25, 0.3) is 0 Å². The van der Waals surface area contributed by atoms with Gasteiger partial charge in [-0.25, -0.2) is 0 Å². The number of furan rings is 1. The third kappa shape index (κ3) is 2.81. The molecule has 4 aliphatic carbocycles. The molecule has 208 valence electrons. The van der Waals surface area contributed by atoms with E-state index in [0.29, 0.717) is 12.8 Å². The third-order valence-corrected chi connectivity index (χ3v) is 12.1. The van der Waals surface area contributed by atoms with E-state index in [0.717, 1.165) is 18.4 Å². The normalized spacial score (nSPS) is 50.2. The SMILES string of the molecule is CC(=O)O[C@H]1C[C@@H]2C(C)(C)[C@H](OC(C)=O)C[C@H](O)[C@]2(C)[C@@H]2CC[C@@]3(C)[C@@H](c4ccoc4)C(=O)[C@@H]4O[C@@]43[C@]12C. The molecule has 11 atom stereocenters. The summed E-state index contributed by atoms with van der Waals surface area (Å²) in [6.45, 7) is 13.4. The van der Waals surface area contributed by atoms with Crippen LogP contribution in [0.2, 0.25) is 0 Å². The van der Waals surface area contributed by atoms with Crippen molar-refractivity contribution in [2.75, 3.05) is 0 Å². The van der Waals surface area contributed by atoms with Gasteiger partial charge in [-0.05, 0) is 37.2 Å². The number of aliphatic hydroxyl groups excluding tert-OH is 1. The van der Waals surface area contributed by atoms with E-state index in [-0.39, 0.29) is 35.5 Å². The molecule has 0 aromatic carbocycles. The predicted octanol–water partition coefficient (Wildman–Crippen LogP) is 4.19. The van der Waals surface area contributed by atoms with Gasteiger partial charge in [0.2, 0.25) is 0 Å². The van der Waals surface area contributed by atoms with Crippen molar-refractivity contribution in [3.63, 3.8) is 0 Å². The van der Waals surface area contributed by atoms with E-state index in [9.17, 15) is 19.5 Å². The topological polar surface area (TPSA) is 116 Å². The van der Waals surface area contributed by atoms with Crippen LogP contribution in [0, 0.1) is 33.5 Å². The summed E-state index contributed by atoms with van der Waals surface area (Å²) in [5.74, 6) is -1.22. The van der Waals surface area contributed by atoms with Gasteiger partial charge in [-0.1, -0.05) is 34.6 Å². The standard InChI is InChI=1S/C30H40O8/c1-15(31)36-21-13-20(33)28(6)18-8-10-27(5)23(17-9-11-35-14-17)24(34)25-30(27,38-25)29(18,7)22(37-16(2)32)12-19(28)26(21,3)4/h9,11,14,18-23,25,33H,8,10,12-13H2,1-7H3/t18-,19+,20-,21+,22-,23-,25-,27-,28+,29-,30-/m0/s1. The van der Waals surface area contributed by atoms with Gasteiger partial charge in [-0.15, -0.1) is 0 Å². The molecule has 38 heavy (non-hydrogen) atoms. The van der Waals surface area contributed by atoms with E-state index in [4.69, 9.17) is 18.6 Å². The molecule has 1 spiro atoms. The summed E-state index contributed by atoms with van der Waals surface area (Å²) >= 11 is 0. The lowest BCUT2D eigenvalue weighted by Gasteiger charge is -2.70. The van der Waals surface area contributed by atoms with Gasteiger partial charge >= 0.3 is 11.9 Å². The lowest BCUT2D eigenvalue weighted by molar-refractivity contribution is -0.287. The van der Waals surface area contributed by atoms with Crippen LogP contribution in [-0.4, -0.2) is 52.8 Å². The highest BCUT2D eigenvalue weighted by atomic mass is 16.6. The molecule has 0 amide bonds. The summed E-state index contributed by atoms with van der Waals surface area (Å²) in [4.78, 5) is 38.4. The summed E-state index contributed by atoms with van der Waals surface area (Å²) in [7, 11) is 0. The van der Waals surface area contributed by atoms with Gasteiger partial charge in [0, 0.05) is 47.5 Å². The maximum Gasteiger partial charge on any atom is 0.302 e. The fourth-order valence-corrected chi connectivity index (χ4v) is 10.6. The van der Waals surface area contributed by atoms with Crippen molar-refractivity contribution in [3.8, 4) is 0 Å². The monoisotopic (exact) mass is 528 g/mol. The molecular formula is C30H40O8. The number of Topliss-reactive ketones (excluding diaryl/α,β-unsaturated/α-hetero) is 1. The minimum atomic E-state index is -0.813. The zero-order valence-corrected chi connectivity index (χ0v) is 23.4. The largest absolute Gasteiger partial charge is 0.472 e. The Kier molecular flexibility index (Phi) is 5.29. The second kappa shape index (κ2) is 7.72. The summed E-state index contributed by atoms with van der Waals surface area (Å²) < 4.78 is 23.8. The average molecular weight is 529 g/mol. The lowest BCUT2D eigenvalue weighted by atomic mass is 9.35. The van der Waals surface area contributed by atoms with Crippen molar-refractivity contribution in [3.05, 3.63) is 24.2 Å². The van der Waals surface area contributed by atoms with Crippen LogP contribution in [0.5, 0.6) is 0 Å². The summed E-state index contributed by atoms with van der Waals surface area (Å²) in [5.41, 5.74) is -2.20. The van der Waals surface area contributed by atoms with Gasteiger partial charge in [0.1, 0.15) is 23.9 Å². The van der Waals surface area contributed by atoms with Crippen LogP contribution in [-0.2, 0) is 28.6 Å². The minimum absolute atomic E-state index is 0.0593. The van der Waals surface area contributed by atoms with Crippen LogP contribution in [0.25, 0.3) is 0 Å². The van der Waals surface area contributed by atoms with Crippen LogP contribution in [0.3, 0.4) is 0 Å². The van der Waals surface area contributed by atoms with Crippen LogP contribution < -0.4 is 0 Å². The van der Waals surface area contributed by atoms with Gasteiger partial charge in [-0.3, -0.25) is 14.4 Å². The molecule has 1 aromatic heterocycles. The number of ether oxygens (including phenoxy) is 3. The zero-order chi connectivity index (χ0) is 27.6. The Morgan fingerprint density at radius 2 is 1.66 bits per heavy atom. The summed E-state index contributed by atoms with van der Waals surface area (Å²) in [6, 6.07) is 1.87. The van der Waals surface area contributed by atoms with Gasteiger partial charge in [0.15, 0.2) is 5.78 Å². The number of carbonyl (C=O) groups is 3. The lowest BCUT2D eigenvalue weighted by Crippen LogP contribution is -2.73. The number of epoxide rings is 1. The van der Waals surface area contributed by atoms with E-state index in [1.165, 1.54) is 13.8 Å². The summed E-state index contributed by atoms with van der Waals surface area (Å²) in [5, 5.41) is 11.8. The molecule has 1 aliphatic heterocycles. The number of fused-ring (bicyclic) bond motifs is 3. The maximum absolute atomic E-state index is 13.9. The zero-order valence-electron chi connectivity index (χ0n) is 23.4. The number of esters is 2. The highest BCUT2D eigenvalue weighted by Crippen LogP contribution is 2.82. The average Bonchev–Trinajstić information content (AvgIpc) is 3.30. The number of hydrogen-bond donors (Lipinski definition) is 1. The Balaban J connectivity index is 1.50. The number of ketones is 1. The van der Waals surface area contributed by atoms with Crippen LogP contribution in [0.4, 0.5) is 0 Å². The van der Waals surface area contributed by atoms with Crippen molar-refractivity contribution in [1.82, 2.24) is 0 Å². The fourth-order valence-electron chi connectivity index (χ4n) is 10.6. The van der Waals surface area contributed by atoms with E-state index < -0.39 is 51.7 Å². The molecule has 8 heteroatoms. The molecular weight excluding hydrogens is 488 g/mol. The van der Waals surface area contributed by atoms with E-state index in [2.05, 4.69) is 34.6 Å². The second-order valence-electron chi connectivity index (χ2n) is 13.8. The highest BCUT2D eigenvalue weighted by Gasteiger charge is 2.90. The van der Waals surface area contributed by atoms with Crippen molar-refractivity contribution in [2.45, 2.75) is 110 Å². The fraction of sp³-hybridized carbons (Fsp3) is 0.767. The van der Waals surface area contributed by atoms with Crippen LogP contribution >= 0.6 is 0 Å². The Morgan fingerprint density at radius 1 is 1.00 bits per heavy atom. The Hall–Kier alpha value is -2.19. The first-order valence-electron chi connectivity index (χ1n) is 13.9. The number of hydrogen-bond acceptors (Lipinski definition) is 8. The molecule has 1 saturated heterocycles. The van der Waals surface area contributed by atoms with E-state index in [1.807, 2.05) is 6.07 Å². The molecule has 1 aromatic rings. The Bertz CT molecular complexity index is 1190. The molecule has 2 heterocycles. The molecule has 6 rings (SSSR count). The highest BCUT2D eigenvalue weighted by molar-refractivity contribution is 5.98. The molecule has 0 radical (unpaired) electrons. The third-order valence-electron chi connectivity index (χ3n) is 12.1. The first-order valence-corrected chi connectivity index (χ1v) is 13.9. The smallest absolute Gasteiger partial charge is 0.302 e. The first-order chi connectivity index (χ1) is 17.7. The van der Waals surface area contributed by atoms with Crippen molar-refractivity contribution in [2.24, 2.45) is 33.5 Å². The summed E-state index contributed by atoms with van der Waals surface area (Å²) in [6.07, 6.45) is 3.29. The van der Waals surface area contributed by atoms with Gasteiger partial charge in [0.05, 0.1) is 24.5 Å². The van der Waals surface area contributed by atoms with Crippen molar-refractivity contribution >= 4 is 17.7 Å². The molecule has 5 fully saturated rings. The Labute approximate surface area is 223 Å². The van der Waals surface area contributed by atoms with Gasteiger partial charge in [-0.2, -0.15) is 0 Å². The van der Waals surface area contributed by atoms with Crippen molar-refractivity contribution in [1.29, 1.82) is 0 Å². The predicted molar refractivity (Wildman–Crippen MR) is 135 cm³/mol. The molecule has 1 N–H and O–H groups in total. The quantitative estimate of drug-likeness (QED) is 0.459. The second-order valence-corrected chi connectivity index (χ2v) is 13.8. The maximum atomic E-state index is 13.9. The van der Waals surface area contributed by atoms with Gasteiger partial charge < -0.3 is 23.7 Å². The van der Waals surface area contributed by atoms with Crippen LogP contribution in [0.15, 0.2) is 23.0 Å². The Morgan fingerprint density at radius 3 is 2.26 bits per heavy atom. The number of carbonyl (C=O) groups excluding carboxylic acids is 3. The van der Waals surface area contributed by atoms with E-state index in [1.54, 1.807) is 12.5 Å². The number of aliphatic hydroxyl groups is 1. The van der Waals surface area contributed by atoms with Crippen molar-refractivity contribution < 1.29 is 38.1 Å². The first kappa shape index (κ1) is 26.1. The molecule has 8 nitrogen and oxygen atoms in total. The molecule has 0 unspecified atom stereocenters. The van der Waals surface area contributed by atoms with E-state index >= 15 is 0 Å². The molecule has 4 saturated carbocycles. The molecule has 0 bridgehead atoms. The molecule has 5 aliphatic rings. The number of rotatable bonds is 3.